The summed E-state index contributed by atoms with van der Waals surface area (Å²) in [4.78, 5) is 3.85. The highest BCUT2D eigenvalue weighted by Gasteiger charge is 2.27. The van der Waals surface area contributed by atoms with Crippen molar-refractivity contribution in [3.05, 3.63) is 23.4 Å². The molecule has 0 saturated heterocycles. The second-order valence-corrected chi connectivity index (χ2v) is 4.41. The molecule has 1 N–H and O–H groups in total. The van der Waals surface area contributed by atoms with Crippen LogP contribution in [0.2, 0.25) is 0 Å². The maximum Gasteiger partial charge on any atom is 0.286 e. The lowest BCUT2D eigenvalue weighted by Crippen LogP contribution is -2.19. The summed E-state index contributed by atoms with van der Waals surface area (Å²) in [5.74, 6) is -2.84. The van der Waals surface area contributed by atoms with Crippen LogP contribution < -0.4 is 5.32 Å². The topological polar surface area (TPSA) is 24.4 Å². The molecule has 0 bridgehead atoms. The lowest BCUT2D eigenvalue weighted by molar-refractivity contribution is 0.0620. The van der Waals surface area contributed by atoms with Crippen LogP contribution in [0.15, 0.2) is 28.4 Å². The number of nitrogens with zero attached hydrogens (tertiary/aromatic N) is 1. The average molecular weight is 226 g/mol. The van der Waals surface area contributed by atoms with E-state index in [4.69, 9.17) is 0 Å². The fourth-order valence-corrected chi connectivity index (χ4v) is 1.54. The van der Waals surface area contributed by atoms with Gasteiger partial charge in [-0.15, -0.1) is 0 Å². The first-order valence-corrected chi connectivity index (χ1v) is 5.60. The Hall–Kier alpha value is -1.03. The fourth-order valence-electron chi connectivity index (χ4n) is 1.54. The van der Waals surface area contributed by atoms with Gasteiger partial charge in [0.25, 0.3) is 5.92 Å². The van der Waals surface area contributed by atoms with Gasteiger partial charge in [-0.2, -0.15) is 8.78 Å². The summed E-state index contributed by atoms with van der Waals surface area (Å²) in [6, 6.07) is 0.623. The minimum Gasteiger partial charge on any atom is -0.310 e. The van der Waals surface area contributed by atoms with Crippen LogP contribution in [-0.2, 0) is 0 Å². The van der Waals surface area contributed by atoms with Crippen LogP contribution in [0.5, 0.6) is 0 Å². The van der Waals surface area contributed by atoms with E-state index in [2.05, 4.69) is 10.3 Å². The van der Waals surface area contributed by atoms with Crippen molar-refractivity contribution < 1.29 is 8.78 Å². The fraction of sp³-hybridized carbons (Fsp3) is 0.583. The number of alkyl halides is 2. The van der Waals surface area contributed by atoms with E-state index in [-0.39, 0.29) is 5.70 Å². The summed E-state index contributed by atoms with van der Waals surface area (Å²) >= 11 is 0. The molecule has 0 radical (unpaired) electrons. The summed E-state index contributed by atoms with van der Waals surface area (Å²) in [6.07, 6.45) is 7.95. The van der Waals surface area contributed by atoms with Crippen molar-refractivity contribution in [2.45, 2.75) is 38.2 Å². The second kappa shape index (κ2) is 4.45. The normalized spacial score (nSPS) is 21.4. The molecule has 1 heterocycles. The number of allylic oxidation sites excluding steroid dienone is 3. The van der Waals surface area contributed by atoms with Gasteiger partial charge < -0.3 is 5.32 Å². The quantitative estimate of drug-likeness (QED) is 0.783. The zero-order valence-corrected chi connectivity index (χ0v) is 9.34. The van der Waals surface area contributed by atoms with Gasteiger partial charge in [0.15, 0.2) is 0 Å². The molecule has 2 nitrogen and oxygen atoms in total. The van der Waals surface area contributed by atoms with E-state index in [1.54, 1.807) is 6.21 Å². The highest BCUT2D eigenvalue weighted by molar-refractivity contribution is 5.80. The first kappa shape index (κ1) is 11.5. The van der Waals surface area contributed by atoms with Gasteiger partial charge >= 0.3 is 0 Å². The average Bonchev–Trinajstić information content (AvgIpc) is 3.01. The molecule has 0 amide bonds. The van der Waals surface area contributed by atoms with Crippen molar-refractivity contribution >= 4 is 6.21 Å². The predicted octanol–water partition coefficient (Wildman–Crippen LogP) is 2.68. The van der Waals surface area contributed by atoms with Gasteiger partial charge in [0.05, 0.1) is 0 Å². The van der Waals surface area contributed by atoms with Gasteiger partial charge in [-0.3, -0.25) is 4.99 Å². The van der Waals surface area contributed by atoms with Crippen molar-refractivity contribution in [3.8, 4) is 0 Å². The van der Waals surface area contributed by atoms with Crippen molar-refractivity contribution in [2.24, 2.45) is 4.99 Å². The molecular weight excluding hydrogens is 210 g/mol. The van der Waals surface area contributed by atoms with Crippen LogP contribution in [0, 0.1) is 0 Å². The third kappa shape index (κ3) is 3.23. The Kier molecular flexibility index (Phi) is 3.19. The molecule has 2 rings (SSSR count). The van der Waals surface area contributed by atoms with E-state index in [9.17, 15) is 8.78 Å². The molecule has 1 saturated carbocycles. The Morgan fingerprint density at radius 1 is 1.44 bits per heavy atom. The molecule has 1 aliphatic heterocycles. The molecule has 0 aromatic rings. The van der Waals surface area contributed by atoms with Crippen LogP contribution in [0.3, 0.4) is 0 Å². The molecule has 0 aromatic heterocycles. The molecule has 0 spiro atoms. The van der Waals surface area contributed by atoms with Gasteiger partial charge in [-0.05, 0) is 24.8 Å². The predicted molar refractivity (Wildman–Crippen MR) is 60.9 cm³/mol. The van der Waals surface area contributed by atoms with Crippen LogP contribution in [0.1, 0.15) is 26.2 Å². The lowest BCUT2D eigenvalue weighted by Gasteiger charge is -2.09. The van der Waals surface area contributed by atoms with E-state index in [0.29, 0.717) is 12.5 Å². The first-order valence-electron chi connectivity index (χ1n) is 5.60. The SMILES string of the molecule is CC(F)(F)C1=CCC=C(CNC2CC2)C=N1. The third-order valence-corrected chi connectivity index (χ3v) is 2.68. The van der Waals surface area contributed by atoms with Crippen LogP contribution >= 0.6 is 0 Å². The van der Waals surface area contributed by atoms with Crippen LogP contribution in [-0.4, -0.2) is 24.7 Å². The molecule has 0 unspecified atom stereocenters. The second-order valence-electron chi connectivity index (χ2n) is 4.41. The number of aliphatic imine (C=N–C) groups is 1. The van der Waals surface area contributed by atoms with Gasteiger partial charge in [0, 0.05) is 25.7 Å². The van der Waals surface area contributed by atoms with Crippen molar-refractivity contribution in [2.75, 3.05) is 6.54 Å². The van der Waals surface area contributed by atoms with E-state index >= 15 is 0 Å². The first-order chi connectivity index (χ1) is 7.55. The monoisotopic (exact) mass is 226 g/mol. The Morgan fingerprint density at radius 2 is 2.19 bits per heavy atom. The number of nitrogens with one attached hydrogen (secondary N) is 1. The van der Waals surface area contributed by atoms with Gasteiger partial charge in [0.2, 0.25) is 0 Å². The largest absolute Gasteiger partial charge is 0.310 e. The van der Waals surface area contributed by atoms with Crippen molar-refractivity contribution in [3.63, 3.8) is 0 Å². The zero-order valence-electron chi connectivity index (χ0n) is 9.34. The van der Waals surface area contributed by atoms with Gasteiger partial charge in [0.1, 0.15) is 5.70 Å². The smallest absolute Gasteiger partial charge is 0.286 e. The summed E-state index contributed by atoms with van der Waals surface area (Å²) < 4.78 is 26.0. The Bertz CT molecular complexity index is 347. The van der Waals surface area contributed by atoms with E-state index in [1.807, 2.05) is 6.08 Å². The van der Waals surface area contributed by atoms with Crippen LogP contribution in [0.25, 0.3) is 0 Å². The maximum atomic E-state index is 13.0. The molecule has 2 aliphatic rings. The molecular formula is C12H16F2N2. The minimum atomic E-state index is -2.84. The highest BCUT2D eigenvalue weighted by atomic mass is 19.3. The zero-order chi connectivity index (χ0) is 11.6. The Balaban J connectivity index is 1.92. The van der Waals surface area contributed by atoms with Crippen molar-refractivity contribution in [1.29, 1.82) is 0 Å². The standard InChI is InChI=1S/C12H16F2N2/c1-12(13,14)11-4-2-3-9(8-16-11)7-15-10-5-6-10/h3-4,8,10,15H,2,5-7H2,1H3. The summed E-state index contributed by atoms with van der Waals surface area (Å²) in [6.45, 7) is 1.61. The molecule has 88 valence electrons. The van der Waals surface area contributed by atoms with Crippen LogP contribution in [0.4, 0.5) is 8.78 Å². The molecule has 0 aromatic carbocycles. The Morgan fingerprint density at radius 3 is 2.81 bits per heavy atom. The number of hydrogen-bond donors (Lipinski definition) is 1. The minimum absolute atomic E-state index is 0.134. The van der Waals surface area contributed by atoms with E-state index in [1.165, 1.54) is 18.9 Å². The highest BCUT2D eigenvalue weighted by Crippen LogP contribution is 2.26. The number of hydrogen-bond acceptors (Lipinski definition) is 2. The summed E-state index contributed by atoms with van der Waals surface area (Å²) in [5.41, 5.74) is 0.854. The summed E-state index contributed by atoms with van der Waals surface area (Å²) in [5, 5.41) is 3.34. The lowest BCUT2D eigenvalue weighted by atomic mass is 10.2. The van der Waals surface area contributed by atoms with E-state index in [0.717, 1.165) is 19.0 Å². The molecule has 0 atom stereocenters. The molecule has 1 aliphatic carbocycles. The third-order valence-electron chi connectivity index (χ3n) is 2.68. The number of halogens is 2. The number of rotatable bonds is 4. The van der Waals surface area contributed by atoms with E-state index < -0.39 is 5.92 Å². The molecule has 1 fully saturated rings. The van der Waals surface area contributed by atoms with Gasteiger partial charge in [-0.25, -0.2) is 0 Å². The Labute approximate surface area is 94.1 Å². The maximum absolute atomic E-state index is 13.0. The van der Waals surface area contributed by atoms with Gasteiger partial charge in [-0.1, -0.05) is 12.2 Å². The summed E-state index contributed by atoms with van der Waals surface area (Å²) in [7, 11) is 0. The molecule has 16 heavy (non-hydrogen) atoms. The van der Waals surface area contributed by atoms with Crippen molar-refractivity contribution in [1.82, 2.24) is 5.32 Å². The molecule has 4 heteroatoms.